The van der Waals surface area contributed by atoms with E-state index >= 15 is 0 Å². The zero-order valence-corrected chi connectivity index (χ0v) is 12.3. The van der Waals surface area contributed by atoms with Crippen LogP contribution in [0.15, 0.2) is 0 Å². The van der Waals surface area contributed by atoms with Gasteiger partial charge in [0.1, 0.15) is 0 Å². The fourth-order valence-electron chi connectivity index (χ4n) is 3.91. The Morgan fingerprint density at radius 1 is 1.00 bits per heavy atom. The van der Waals surface area contributed by atoms with Gasteiger partial charge in [0.2, 0.25) is 0 Å². The topological polar surface area (TPSA) is 29.3 Å². The Labute approximate surface area is 113 Å². The van der Waals surface area contributed by atoms with E-state index in [1.54, 1.807) is 0 Å². The predicted octanol–water partition coefficient (Wildman–Crippen LogP) is 3.55. The largest absolute Gasteiger partial charge is 0.330 e. The number of nitrogens with zero attached hydrogens (tertiary/aromatic N) is 1. The summed E-state index contributed by atoms with van der Waals surface area (Å²) in [6, 6.07) is 0.777. The van der Waals surface area contributed by atoms with Crippen molar-refractivity contribution in [1.29, 1.82) is 0 Å². The molecule has 0 spiro atoms. The van der Waals surface area contributed by atoms with Gasteiger partial charge in [-0.3, -0.25) is 0 Å². The number of nitrogens with two attached hydrogens (primary N) is 1. The smallest absolute Gasteiger partial charge is 0.00671 e. The number of rotatable bonds is 3. The molecule has 1 saturated heterocycles. The lowest BCUT2D eigenvalue weighted by Crippen LogP contribution is -2.45. The molecule has 2 N–H and O–H groups in total. The summed E-state index contributed by atoms with van der Waals surface area (Å²) in [5.41, 5.74) is 6.62. The van der Waals surface area contributed by atoms with Gasteiger partial charge < -0.3 is 10.6 Å². The van der Waals surface area contributed by atoms with Crippen LogP contribution < -0.4 is 5.73 Å². The zero-order valence-electron chi connectivity index (χ0n) is 12.3. The van der Waals surface area contributed by atoms with E-state index in [0.717, 1.165) is 12.6 Å². The van der Waals surface area contributed by atoms with Gasteiger partial charge in [-0.05, 0) is 51.1 Å². The van der Waals surface area contributed by atoms with Crippen LogP contribution >= 0.6 is 0 Å². The fourth-order valence-corrected chi connectivity index (χ4v) is 3.91. The first-order valence-electron chi connectivity index (χ1n) is 8.20. The first-order valence-corrected chi connectivity index (χ1v) is 8.20. The Morgan fingerprint density at radius 2 is 1.67 bits per heavy atom. The SMILES string of the molecule is CC1CCCCCN1CC1(CN)CCCCCC1. The quantitative estimate of drug-likeness (QED) is 0.778. The van der Waals surface area contributed by atoms with Crippen LogP contribution in [-0.4, -0.2) is 30.6 Å². The van der Waals surface area contributed by atoms with Crippen LogP contribution in [0.2, 0.25) is 0 Å². The molecule has 0 amide bonds. The molecule has 0 bridgehead atoms. The molecule has 18 heavy (non-hydrogen) atoms. The molecule has 2 heteroatoms. The molecule has 1 heterocycles. The highest BCUT2D eigenvalue weighted by molar-refractivity contribution is 4.87. The van der Waals surface area contributed by atoms with E-state index < -0.39 is 0 Å². The molecule has 106 valence electrons. The highest BCUT2D eigenvalue weighted by Crippen LogP contribution is 2.36. The van der Waals surface area contributed by atoms with Gasteiger partial charge in [0.05, 0.1) is 0 Å². The van der Waals surface area contributed by atoms with Crippen molar-refractivity contribution < 1.29 is 0 Å². The van der Waals surface area contributed by atoms with E-state index in [1.165, 1.54) is 77.3 Å². The summed E-state index contributed by atoms with van der Waals surface area (Å²) in [5, 5.41) is 0. The van der Waals surface area contributed by atoms with Crippen molar-refractivity contribution in [3.8, 4) is 0 Å². The Balaban J connectivity index is 1.98. The molecular formula is C16H32N2. The Bertz CT molecular complexity index is 231. The minimum atomic E-state index is 0.440. The first kappa shape index (κ1) is 14.3. The van der Waals surface area contributed by atoms with Gasteiger partial charge in [0.25, 0.3) is 0 Å². The monoisotopic (exact) mass is 252 g/mol. The molecule has 2 fully saturated rings. The Hall–Kier alpha value is -0.0800. The number of hydrogen-bond donors (Lipinski definition) is 1. The van der Waals surface area contributed by atoms with Gasteiger partial charge in [-0.2, -0.15) is 0 Å². The van der Waals surface area contributed by atoms with Crippen LogP contribution in [0, 0.1) is 5.41 Å². The minimum Gasteiger partial charge on any atom is -0.330 e. The van der Waals surface area contributed by atoms with Gasteiger partial charge in [0.15, 0.2) is 0 Å². The van der Waals surface area contributed by atoms with Crippen LogP contribution in [0.25, 0.3) is 0 Å². The summed E-state index contributed by atoms with van der Waals surface area (Å²) >= 11 is 0. The van der Waals surface area contributed by atoms with Crippen molar-refractivity contribution in [2.75, 3.05) is 19.6 Å². The molecular weight excluding hydrogens is 220 g/mol. The van der Waals surface area contributed by atoms with E-state index in [0.29, 0.717) is 5.41 Å². The molecule has 1 unspecified atom stereocenters. The lowest BCUT2D eigenvalue weighted by Gasteiger charge is -2.39. The van der Waals surface area contributed by atoms with Gasteiger partial charge in [0, 0.05) is 12.6 Å². The number of likely N-dealkylation sites (tertiary alicyclic amines) is 1. The van der Waals surface area contributed by atoms with E-state index in [1.807, 2.05) is 0 Å². The molecule has 0 aromatic heterocycles. The molecule has 2 nitrogen and oxygen atoms in total. The van der Waals surface area contributed by atoms with Crippen molar-refractivity contribution in [3.63, 3.8) is 0 Å². The lowest BCUT2D eigenvalue weighted by molar-refractivity contribution is 0.107. The molecule has 0 aromatic carbocycles. The van der Waals surface area contributed by atoms with Crippen LogP contribution in [0.4, 0.5) is 0 Å². The second-order valence-corrected chi connectivity index (χ2v) is 6.79. The molecule has 1 aliphatic carbocycles. The third kappa shape index (κ3) is 3.71. The molecule has 2 aliphatic rings. The third-order valence-corrected chi connectivity index (χ3v) is 5.33. The fraction of sp³-hybridized carbons (Fsp3) is 1.00. The van der Waals surface area contributed by atoms with Crippen molar-refractivity contribution in [2.45, 2.75) is 77.2 Å². The highest BCUT2D eigenvalue weighted by Gasteiger charge is 2.33. The molecule has 1 atom stereocenters. The second-order valence-electron chi connectivity index (χ2n) is 6.79. The Kier molecular flexibility index (Phi) is 5.50. The average molecular weight is 252 g/mol. The summed E-state index contributed by atoms with van der Waals surface area (Å²) in [6.45, 7) is 5.90. The molecule has 1 saturated carbocycles. The maximum atomic E-state index is 6.18. The molecule has 0 radical (unpaired) electrons. The van der Waals surface area contributed by atoms with E-state index in [-0.39, 0.29) is 0 Å². The normalized spacial score (nSPS) is 30.7. The minimum absolute atomic E-state index is 0.440. The third-order valence-electron chi connectivity index (χ3n) is 5.33. The summed E-state index contributed by atoms with van der Waals surface area (Å²) in [6.07, 6.45) is 14.0. The van der Waals surface area contributed by atoms with Crippen molar-refractivity contribution in [3.05, 3.63) is 0 Å². The van der Waals surface area contributed by atoms with Crippen LogP contribution in [-0.2, 0) is 0 Å². The summed E-state index contributed by atoms with van der Waals surface area (Å²) in [4.78, 5) is 2.76. The predicted molar refractivity (Wildman–Crippen MR) is 78.7 cm³/mol. The summed E-state index contributed by atoms with van der Waals surface area (Å²) < 4.78 is 0. The van der Waals surface area contributed by atoms with Crippen molar-refractivity contribution >= 4 is 0 Å². The summed E-state index contributed by atoms with van der Waals surface area (Å²) in [5.74, 6) is 0. The zero-order chi connectivity index (χ0) is 12.8. The summed E-state index contributed by atoms with van der Waals surface area (Å²) in [7, 11) is 0. The van der Waals surface area contributed by atoms with Crippen molar-refractivity contribution in [1.82, 2.24) is 4.90 Å². The lowest BCUT2D eigenvalue weighted by atomic mass is 9.79. The van der Waals surface area contributed by atoms with Crippen LogP contribution in [0.5, 0.6) is 0 Å². The highest BCUT2D eigenvalue weighted by atomic mass is 15.2. The second kappa shape index (κ2) is 6.91. The van der Waals surface area contributed by atoms with E-state index in [9.17, 15) is 0 Å². The van der Waals surface area contributed by atoms with Gasteiger partial charge in [-0.25, -0.2) is 0 Å². The Morgan fingerprint density at radius 3 is 2.33 bits per heavy atom. The average Bonchev–Trinajstić information content (AvgIpc) is 2.73. The first-order chi connectivity index (χ1) is 8.76. The van der Waals surface area contributed by atoms with E-state index in [2.05, 4.69) is 11.8 Å². The van der Waals surface area contributed by atoms with Gasteiger partial charge >= 0.3 is 0 Å². The van der Waals surface area contributed by atoms with Crippen LogP contribution in [0.3, 0.4) is 0 Å². The molecule has 2 rings (SSSR count). The maximum Gasteiger partial charge on any atom is 0.00671 e. The number of hydrogen-bond acceptors (Lipinski definition) is 2. The standard InChI is InChI=1S/C16H32N2/c1-15-9-5-4-8-12-18(15)14-16(13-17)10-6-2-3-7-11-16/h15H,2-14,17H2,1H3. The van der Waals surface area contributed by atoms with Crippen LogP contribution in [0.1, 0.15) is 71.1 Å². The molecule has 1 aliphatic heterocycles. The van der Waals surface area contributed by atoms with Gasteiger partial charge in [-0.15, -0.1) is 0 Å². The van der Waals surface area contributed by atoms with Gasteiger partial charge in [-0.1, -0.05) is 38.5 Å². The maximum absolute atomic E-state index is 6.18. The molecule has 0 aromatic rings. The van der Waals surface area contributed by atoms with Crippen molar-refractivity contribution in [2.24, 2.45) is 11.1 Å². The van der Waals surface area contributed by atoms with E-state index in [4.69, 9.17) is 5.73 Å².